The van der Waals surface area contributed by atoms with Crippen molar-refractivity contribution < 1.29 is 14.3 Å². The molecule has 0 saturated carbocycles. The van der Waals surface area contributed by atoms with Crippen LogP contribution < -0.4 is 0 Å². The molecular weight excluding hydrogens is 310 g/mol. The van der Waals surface area contributed by atoms with Crippen LogP contribution in [0.2, 0.25) is 0 Å². The minimum atomic E-state index is -0.189. The van der Waals surface area contributed by atoms with Crippen molar-refractivity contribution in [3.05, 3.63) is 40.3 Å². The quantitative estimate of drug-likeness (QED) is 0.541. The normalized spacial score (nSPS) is 15.0. The number of hydrogen-bond acceptors (Lipinski definition) is 4. The predicted octanol–water partition coefficient (Wildman–Crippen LogP) is 3.25. The standard InChI is InChI=1S/C18H23NO3S/c1-4-22-12-6-11-19-17(20)15(16(18(19)21)23-5-2)14-9-7-13(3)8-10-14/h7-10H,4-6,11-12H2,1-3H3. The van der Waals surface area contributed by atoms with Gasteiger partial charge in [0, 0.05) is 19.8 Å². The van der Waals surface area contributed by atoms with Gasteiger partial charge >= 0.3 is 0 Å². The molecule has 2 amide bonds. The van der Waals surface area contributed by atoms with Gasteiger partial charge in [0.25, 0.3) is 11.8 Å². The van der Waals surface area contributed by atoms with Gasteiger partial charge in [-0.3, -0.25) is 14.5 Å². The Balaban J connectivity index is 2.24. The highest BCUT2D eigenvalue weighted by molar-refractivity contribution is 8.04. The van der Waals surface area contributed by atoms with E-state index in [1.54, 1.807) is 0 Å². The Hall–Kier alpha value is -1.59. The molecule has 0 aliphatic carbocycles. The fourth-order valence-corrected chi connectivity index (χ4v) is 3.35. The minimum absolute atomic E-state index is 0.172. The maximum absolute atomic E-state index is 12.7. The van der Waals surface area contributed by atoms with Crippen LogP contribution in [0.4, 0.5) is 0 Å². The zero-order valence-corrected chi connectivity index (χ0v) is 14.7. The number of thioether (sulfide) groups is 1. The lowest BCUT2D eigenvalue weighted by molar-refractivity contribution is -0.136. The van der Waals surface area contributed by atoms with Crippen LogP contribution in [0.1, 0.15) is 31.4 Å². The SMILES string of the molecule is CCOCCCN1C(=O)C(SCC)=C(c2ccc(C)cc2)C1=O. The molecular formula is C18H23NO3S. The first-order valence-corrected chi connectivity index (χ1v) is 8.96. The Labute approximate surface area is 141 Å². The van der Waals surface area contributed by atoms with E-state index in [9.17, 15) is 9.59 Å². The second-order valence-electron chi connectivity index (χ2n) is 5.32. The van der Waals surface area contributed by atoms with Crippen LogP contribution in [-0.4, -0.2) is 42.2 Å². The molecule has 5 heteroatoms. The predicted molar refractivity (Wildman–Crippen MR) is 94.1 cm³/mol. The lowest BCUT2D eigenvalue weighted by atomic mass is 10.0. The number of carbonyl (C=O) groups is 2. The Morgan fingerprint density at radius 2 is 1.78 bits per heavy atom. The fraction of sp³-hybridized carbons (Fsp3) is 0.444. The van der Waals surface area contributed by atoms with Crippen molar-refractivity contribution >= 4 is 29.1 Å². The van der Waals surface area contributed by atoms with Crippen LogP contribution in [-0.2, 0) is 14.3 Å². The van der Waals surface area contributed by atoms with Gasteiger partial charge in [-0.2, -0.15) is 0 Å². The highest BCUT2D eigenvalue weighted by Crippen LogP contribution is 2.36. The number of imide groups is 1. The zero-order chi connectivity index (χ0) is 16.8. The van der Waals surface area contributed by atoms with Gasteiger partial charge in [-0.15, -0.1) is 11.8 Å². The molecule has 124 valence electrons. The van der Waals surface area contributed by atoms with Crippen LogP contribution in [0.25, 0.3) is 5.57 Å². The van der Waals surface area contributed by atoms with E-state index >= 15 is 0 Å². The lowest BCUT2D eigenvalue weighted by Crippen LogP contribution is -2.33. The first-order chi connectivity index (χ1) is 11.1. The topological polar surface area (TPSA) is 46.6 Å². The van der Waals surface area contributed by atoms with E-state index in [2.05, 4.69) is 0 Å². The van der Waals surface area contributed by atoms with E-state index < -0.39 is 0 Å². The third kappa shape index (κ3) is 4.03. The highest BCUT2D eigenvalue weighted by atomic mass is 32.2. The van der Waals surface area contributed by atoms with Gasteiger partial charge in [0.1, 0.15) is 0 Å². The van der Waals surface area contributed by atoms with Crippen molar-refractivity contribution in [2.75, 3.05) is 25.5 Å². The Morgan fingerprint density at radius 1 is 1.09 bits per heavy atom. The van der Waals surface area contributed by atoms with E-state index in [0.717, 1.165) is 16.9 Å². The summed E-state index contributed by atoms with van der Waals surface area (Å²) in [5.41, 5.74) is 2.49. The zero-order valence-electron chi connectivity index (χ0n) is 13.9. The second kappa shape index (κ2) is 8.31. The monoisotopic (exact) mass is 333 g/mol. The molecule has 1 aromatic rings. The molecule has 1 aliphatic heterocycles. The number of ether oxygens (including phenoxy) is 1. The molecule has 0 radical (unpaired) electrons. The average Bonchev–Trinajstić information content (AvgIpc) is 2.77. The molecule has 0 bridgehead atoms. The van der Waals surface area contributed by atoms with Gasteiger partial charge in [-0.1, -0.05) is 36.8 Å². The molecule has 0 unspecified atom stereocenters. The number of rotatable bonds is 8. The summed E-state index contributed by atoms with van der Waals surface area (Å²) in [6, 6.07) is 7.75. The molecule has 23 heavy (non-hydrogen) atoms. The Morgan fingerprint density at radius 3 is 2.39 bits per heavy atom. The van der Waals surface area contributed by atoms with E-state index in [-0.39, 0.29) is 11.8 Å². The van der Waals surface area contributed by atoms with Crippen LogP contribution >= 0.6 is 11.8 Å². The fourth-order valence-electron chi connectivity index (χ4n) is 2.48. The minimum Gasteiger partial charge on any atom is -0.382 e. The van der Waals surface area contributed by atoms with Crippen molar-refractivity contribution in [3.8, 4) is 0 Å². The van der Waals surface area contributed by atoms with E-state index in [1.807, 2.05) is 45.0 Å². The van der Waals surface area contributed by atoms with Crippen molar-refractivity contribution in [2.24, 2.45) is 0 Å². The molecule has 1 aliphatic rings. The van der Waals surface area contributed by atoms with Crippen molar-refractivity contribution in [1.82, 2.24) is 4.90 Å². The van der Waals surface area contributed by atoms with Gasteiger partial charge < -0.3 is 4.74 Å². The largest absolute Gasteiger partial charge is 0.382 e. The van der Waals surface area contributed by atoms with E-state index in [0.29, 0.717) is 36.7 Å². The molecule has 1 aromatic carbocycles. The van der Waals surface area contributed by atoms with Crippen molar-refractivity contribution in [3.63, 3.8) is 0 Å². The summed E-state index contributed by atoms with van der Waals surface area (Å²) in [7, 11) is 0. The third-order valence-electron chi connectivity index (χ3n) is 3.63. The third-order valence-corrected chi connectivity index (χ3v) is 4.59. The molecule has 0 fully saturated rings. The summed E-state index contributed by atoms with van der Waals surface area (Å²) in [6.45, 7) is 7.52. The number of benzene rings is 1. The molecule has 0 saturated heterocycles. The number of nitrogens with zero attached hydrogens (tertiary/aromatic N) is 1. The first kappa shape index (κ1) is 17.8. The molecule has 0 spiro atoms. The maximum atomic E-state index is 12.7. The van der Waals surface area contributed by atoms with Crippen LogP contribution in [0.15, 0.2) is 29.2 Å². The number of amides is 2. The molecule has 0 N–H and O–H groups in total. The van der Waals surface area contributed by atoms with E-state index in [1.165, 1.54) is 16.7 Å². The molecule has 1 heterocycles. The number of carbonyl (C=O) groups excluding carboxylic acids is 2. The summed E-state index contributed by atoms with van der Waals surface area (Å²) in [5.74, 6) is 0.400. The summed E-state index contributed by atoms with van der Waals surface area (Å²) in [5, 5.41) is 0. The summed E-state index contributed by atoms with van der Waals surface area (Å²) in [4.78, 5) is 27.3. The van der Waals surface area contributed by atoms with Crippen molar-refractivity contribution in [1.29, 1.82) is 0 Å². The Bertz CT molecular complexity index is 607. The van der Waals surface area contributed by atoms with Gasteiger partial charge in [-0.05, 0) is 31.6 Å². The first-order valence-electron chi connectivity index (χ1n) is 7.98. The highest BCUT2D eigenvalue weighted by Gasteiger charge is 2.38. The molecule has 0 atom stereocenters. The molecule has 0 aromatic heterocycles. The summed E-state index contributed by atoms with van der Waals surface area (Å²) >= 11 is 1.44. The molecule has 2 rings (SSSR count). The number of aryl methyl sites for hydroxylation is 1. The summed E-state index contributed by atoms with van der Waals surface area (Å²) < 4.78 is 5.29. The molecule has 4 nitrogen and oxygen atoms in total. The average molecular weight is 333 g/mol. The van der Waals surface area contributed by atoms with Gasteiger partial charge in [-0.25, -0.2) is 0 Å². The van der Waals surface area contributed by atoms with Gasteiger partial charge in [0.2, 0.25) is 0 Å². The van der Waals surface area contributed by atoms with Crippen LogP contribution in [0.3, 0.4) is 0 Å². The summed E-state index contributed by atoms with van der Waals surface area (Å²) in [6.07, 6.45) is 0.663. The number of hydrogen-bond donors (Lipinski definition) is 0. The van der Waals surface area contributed by atoms with Gasteiger partial charge in [0.15, 0.2) is 0 Å². The van der Waals surface area contributed by atoms with E-state index in [4.69, 9.17) is 4.74 Å². The smallest absolute Gasteiger partial charge is 0.267 e. The lowest BCUT2D eigenvalue weighted by Gasteiger charge is -2.14. The van der Waals surface area contributed by atoms with Crippen LogP contribution in [0, 0.1) is 6.92 Å². The maximum Gasteiger partial charge on any atom is 0.267 e. The van der Waals surface area contributed by atoms with Crippen molar-refractivity contribution in [2.45, 2.75) is 27.2 Å². The second-order valence-corrected chi connectivity index (χ2v) is 6.59. The van der Waals surface area contributed by atoms with Gasteiger partial charge in [0.05, 0.1) is 10.5 Å². The Kier molecular flexibility index (Phi) is 6.42. The van der Waals surface area contributed by atoms with Crippen LogP contribution in [0.5, 0.6) is 0 Å².